The van der Waals surface area contributed by atoms with Crippen LogP contribution in [0.2, 0.25) is 0 Å². The summed E-state index contributed by atoms with van der Waals surface area (Å²) in [6.07, 6.45) is 1.46. The minimum atomic E-state index is -0.0833. The standard InChI is InChI=1S/C8H15N5/c1-8(2,3)7(9)10-4-6-11-5-12-13-6/h5H,4H2,1-3H3,(H2,9,10)(H,11,12,13). The van der Waals surface area contributed by atoms with E-state index in [-0.39, 0.29) is 5.41 Å². The van der Waals surface area contributed by atoms with Gasteiger partial charge in [0.05, 0.1) is 5.84 Å². The molecular weight excluding hydrogens is 166 g/mol. The Hall–Kier alpha value is -1.39. The molecular formula is C8H15N5. The van der Waals surface area contributed by atoms with Gasteiger partial charge in [0.15, 0.2) is 0 Å². The summed E-state index contributed by atoms with van der Waals surface area (Å²) in [6, 6.07) is 0. The molecule has 0 fully saturated rings. The number of rotatable bonds is 2. The monoisotopic (exact) mass is 181 g/mol. The summed E-state index contributed by atoms with van der Waals surface area (Å²) >= 11 is 0. The molecule has 1 aromatic rings. The molecule has 0 spiro atoms. The lowest BCUT2D eigenvalue weighted by molar-refractivity contribution is 0.580. The van der Waals surface area contributed by atoms with Gasteiger partial charge in [-0.3, -0.25) is 10.1 Å². The number of nitrogens with one attached hydrogen (secondary N) is 1. The summed E-state index contributed by atoms with van der Waals surface area (Å²) in [4.78, 5) is 8.14. The Labute approximate surface area is 77.5 Å². The number of H-pyrrole nitrogens is 1. The number of aliphatic imine (C=N–C) groups is 1. The smallest absolute Gasteiger partial charge is 0.145 e. The number of hydrogen-bond acceptors (Lipinski definition) is 3. The Morgan fingerprint density at radius 1 is 1.62 bits per heavy atom. The average Bonchev–Trinajstić information content (AvgIpc) is 2.50. The predicted octanol–water partition coefficient (Wildman–Crippen LogP) is 0.708. The highest BCUT2D eigenvalue weighted by molar-refractivity contribution is 5.85. The molecule has 0 aliphatic heterocycles. The van der Waals surface area contributed by atoms with E-state index in [2.05, 4.69) is 20.2 Å². The third-order valence-electron chi connectivity index (χ3n) is 1.63. The van der Waals surface area contributed by atoms with E-state index in [1.54, 1.807) is 0 Å². The third kappa shape index (κ3) is 2.85. The number of aromatic amines is 1. The number of amidine groups is 1. The molecule has 0 aliphatic carbocycles. The third-order valence-corrected chi connectivity index (χ3v) is 1.63. The first-order valence-corrected chi connectivity index (χ1v) is 4.15. The average molecular weight is 181 g/mol. The van der Waals surface area contributed by atoms with Gasteiger partial charge in [0, 0.05) is 5.41 Å². The largest absolute Gasteiger partial charge is 0.387 e. The fourth-order valence-electron chi connectivity index (χ4n) is 0.704. The van der Waals surface area contributed by atoms with Crippen molar-refractivity contribution in [1.29, 1.82) is 0 Å². The normalized spacial score (nSPS) is 13.3. The zero-order chi connectivity index (χ0) is 9.90. The van der Waals surface area contributed by atoms with E-state index < -0.39 is 0 Å². The maximum absolute atomic E-state index is 5.76. The van der Waals surface area contributed by atoms with Crippen LogP contribution in [-0.4, -0.2) is 21.0 Å². The molecule has 0 radical (unpaired) electrons. The second-order valence-electron chi connectivity index (χ2n) is 3.88. The van der Waals surface area contributed by atoms with Crippen molar-refractivity contribution < 1.29 is 0 Å². The van der Waals surface area contributed by atoms with E-state index in [4.69, 9.17) is 5.73 Å². The van der Waals surface area contributed by atoms with Crippen molar-refractivity contribution in [2.24, 2.45) is 16.1 Å². The molecule has 0 saturated carbocycles. The molecule has 72 valence electrons. The molecule has 13 heavy (non-hydrogen) atoms. The van der Waals surface area contributed by atoms with Crippen LogP contribution in [0.5, 0.6) is 0 Å². The highest BCUT2D eigenvalue weighted by atomic mass is 15.2. The van der Waals surface area contributed by atoms with Crippen molar-refractivity contribution in [1.82, 2.24) is 15.2 Å². The van der Waals surface area contributed by atoms with E-state index in [0.717, 1.165) is 5.82 Å². The summed E-state index contributed by atoms with van der Waals surface area (Å²) in [5.41, 5.74) is 5.67. The van der Waals surface area contributed by atoms with Crippen LogP contribution >= 0.6 is 0 Å². The molecule has 1 heterocycles. The molecule has 0 aromatic carbocycles. The van der Waals surface area contributed by atoms with Crippen molar-refractivity contribution in [2.45, 2.75) is 27.3 Å². The van der Waals surface area contributed by atoms with Gasteiger partial charge in [0.2, 0.25) is 0 Å². The molecule has 0 aliphatic rings. The summed E-state index contributed by atoms with van der Waals surface area (Å²) in [7, 11) is 0. The fourth-order valence-corrected chi connectivity index (χ4v) is 0.704. The Morgan fingerprint density at radius 2 is 2.31 bits per heavy atom. The number of nitrogens with two attached hydrogens (primary N) is 1. The Bertz CT molecular complexity index is 280. The Kier molecular flexibility index (Phi) is 2.65. The first kappa shape index (κ1) is 9.70. The van der Waals surface area contributed by atoms with Gasteiger partial charge >= 0.3 is 0 Å². The minimum Gasteiger partial charge on any atom is -0.387 e. The molecule has 1 rings (SSSR count). The van der Waals surface area contributed by atoms with Crippen LogP contribution in [0.25, 0.3) is 0 Å². The highest BCUT2D eigenvalue weighted by Gasteiger charge is 2.14. The topological polar surface area (TPSA) is 79.9 Å². The van der Waals surface area contributed by atoms with Crippen molar-refractivity contribution in [3.05, 3.63) is 12.2 Å². The Balaban J connectivity index is 2.59. The second-order valence-corrected chi connectivity index (χ2v) is 3.88. The molecule has 0 bridgehead atoms. The predicted molar refractivity (Wildman–Crippen MR) is 51.2 cm³/mol. The quantitative estimate of drug-likeness (QED) is 0.521. The van der Waals surface area contributed by atoms with Gasteiger partial charge in [-0.05, 0) is 0 Å². The second kappa shape index (κ2) is 3.55. The molecule has 0 saturated heterocycles. The van der Waals surface area contributed by atoms with Gasteiger partial charge < -0.3 is 5.73 Å². The van der Waals surface area contributed by atoms with Gasteiger partial charge in [0.25, 0.3) is 0 Å². The van der Waals surface area contributed by atoms with Gasteiger partial charge in [-0.25, -0.2) is 4.98 Å². The van der Waals surface area contributed by atoms with Crippen LogP contribution in [0, 0.1) is 5.41 Å². The number of aromatic nitrogens is 3. The minimum absolute atomic E-state index is 0.0833. The molecule has 0 amide bonds. The van der Waals surface area contributed by atoms with E-state index in [0.29, 0.717) is 12.4 Å². The van der Waals surface area contributed by atoms with Crippen LogP contribution in [0.15, 0.2) is 11.3 Å². The van der Waals surface area contributed by atoms with Crippen molar-refractivity contribution in [2.75, 3.05) is 0 Å². The van der Waals surface area contributed by atoms with Crippen LogP contribution < -0.4 is 5.73 Å². The van der Waals surface area contributed by atoms with Crippen molar-refractivity contribution in [3.8, 4) is 0 Å². The number of hydrogen-bond donors (Lipinski definition) is 2. The zero-order valence-electron chi connectivity index (χ0n) is 8.20. The van der Waals surface area contributed by atoms with E-state index >= 15 is 0 Å². The van der Waals surface area contributed by atoms with Gasteiger partial charge in [-0.1, -0.05) is 20.8 Å². The zero-order valence-corrected chi connectivity index (χ0v) is 8.20. The summed E-state index contributed by atoms with van der Waals surface area (Å²) in [5, 5.41) is 6.44. The maximum Gasteiger partial charge on any atom is 0.145 e. The SMILES string of the molecule is CC(C)(C)C(N)=NCc1ncn[nH]1. The lowest BCUT2D eigenvalue weighted by Crippen LogP contribution is -2.29. The van der Waals surface area contributed by atoms with Crippen LogP contribution in [-0.2, 0) is 6.54 Å². The summed E-state index contributed by atoms with van der Waals surface area (Å²) < 4.78 is 0. The Morgan fingerprint density at radius 3 is 2.77 bits per heavy atom. The fraction of sp³-hybridized carbons (Fsp3) is 0.625. The van der Waals surface area contributed by atoms with Crippen LogP contribution in [0.3, 0.4) is 0 Å². The first-order valence-electron chi connectivity index (χ1n) is 4.15. The molecule has 5 nitrogen and oxygen atoms in total. The summed E-state index contributed by atoms with van der Waals surface area (Å²) in [6.45, 7) is 6.52. The molecule has 5 heteroatoms. The molecule has 0 atom stereocenters. The van der Waals surface area contributed by atoms with E-state index in [9.17, 15) is 0 Å². The highest BCUT2D eigenvalue weighted by Crippen LogP contribution is 2.12. The molecule has 3 N–H and O–H groups in total. The van der Waals surface area contributed by atoms with Crippen molar-refractivity contribution in [3.63, 3.8) is 0 Å². The van der Waals surface area contributed by atoms with Crippen molar-refractivity contribution >= 4 is 5.84 Å². The summed E-state index contributed by atoms with van der Waals surface area (Å²) in [5.74, 6) is 1.36. The van der Waals surface area contributed by atoms with Crippen LogP contribution in [0.1, 0.15) is 26.6 Å². The van der Waals surface area contributed by atoms with Gasteiger partial charge in [0.1, 0.15) is 18.7 Å². The van der Waals surface area contributed by atoms with Gasteiger partial charge in [-0.2, -0.15) is 5.10 Å². The van der Waals surface area contributed by atoms with Crippen LogP contribution in [0.4, 0.5) is 0 Å². The first-order chi connectivity index (χ1) is 6.00. The van der Waals surface area contributed by atoms with Gasteiger partial charge in [-0.15, -0.1) is 0 Å². The lowest BCUT2D eigenvalue weighted by atomic mass is 9.95. The molecule has 1 aromatic heterocycles. The van der Waals surface area contributed by atoms with E-state index in [1.807, 2.05) is 20.8 Å². The molecule has 0 unspecified atom stereocenters. The maximum atomic E-state index is 5.76. The van der Waals surface area contributed by atoms with E-state index in [1.165, 1.54) is 6.33 Å². The lowest BCUT2D eigenvalue weighted by Gasteiger charge is -2.16. The number of nitrogens with zero attached hydrogens (tertiary/aromatic N) is 3.